The summed E-state index contributed by atoms with van der Waals surface area (Å²) in [5, 5.41) is 7.86. The van der Waals surface area contributed by atoms with Crippen LogP contribution in [0.2, 0.25) is 5.02 Å². The summed E-state index contributed by atoms with van der Waals surface area (Å²) in [6, 6.07) is 17.3. The van der Waals surface area contributed by atoms with Crippen LogP contribution >= 0.6 is 11.6 Å². The van der Waals surface area contributed by atoms with Gasteiger partial charge in [0.2, 0.25) is 5.76 Å². The Labute approximate surface area is 187 Å². The van der Waals surface area contributed by atoms with Crippen molar-refractivity contribution in [3.63, 3.8) is 0 Å². The molecule has 0 saturated carbocycles. The number of hydrogen-bond donors (Lipinski definition) is 1. The first-order valence-corrected chi connectivity index (χ1v) is 10.8. The zero-order valence-corrected chi connectivity index (χ0v) is 18.3. The van der Waals surface area contributed by atoms with E-state index in [0.29, 0.717) is 6.54 Å². The third-order valence-electron chi connectivity index (χ3n) is 5.61. The molecule has 2 heterocycles. The maximum Gasteiger partial charge on any atom is 0.290 e. The lowest BCUT2D eigenvalue weighted by Gasteiger charge is -2.31. The molecule has 1 fully saturated rings. The van der Waals surface area contributed by atoms with E-state index in [9.17, 15) is 4.79 Å². The number of benzene rings is 2. The van der Waals surface area contributed by atoms with Crippen LogP contribution in [0.4, 0.5) is 0 Å². The van der Waals surface area contributed by atoms with Gasteiger partial charge in [0, 0.05) is 36.6 Å². The monoisotopic (exact) mass is 439 g/mol. The van der Waals surface area contributed by atoms with Crippen molar-refractivity contribution < 1.29 is 14.1 Å². The molecule has 0 unspecified atom stereocenters. The minimum absolute atomic E-state index is 0.236. The number of nitrogens with one attached hydrogen (secondary N) is 1. The van der Waals surface area contributed by atoms with Gasteiger partial charge in [0.15, 0.2) is 0 Å². The molecule has 0 spiro atoms. The van der Waals surface area contributed by atoms with Gasteiger partial charge in [-0.3, -0.25) is 9.69 Å². The average Bonchev–Trinajstić information content (AvgIpc) is 3.30. The number of halogens is 1. The van der Waals surface area contributed by atoms with E-state index in [4.69, 9.17) is 20.9 Å². The van der Waals surface area contributed by atoms with Crippen LogP contribution < -0.4 is 10.1 Å². The SMILES string of the molecule is COc1cccc(CNC(=O)c2cc([C@H]3CCCN(Cc4ccccc4Cl)C3)no2)c1. The summed E-state index contributed by atoms with van der Waals surface area (Å²) in [4.78, 5) is 14.9. The number of likely N-dealkylation sites (tertiary alicyclic amines) is 1. The Hall–Kier alpha value is -2.83. The Bertz CT molecular complexity index is 1040. The van der Waals surface area contributed by atoms with E-state index in [1.807, 2.05) is 42.5 Å². The van der Waals surface area contributed by atoms with Crippen molar-refractivity contribution in [2.24, 2.45) is 0 Å². The largest absolute Gasteiger partial charge is 0.497 e. The van der Waals surface area contributed by atoms with Crippen LogP contribution in [0.25, 0.3) is 0 Å². The molecule has 1 saturated heterocycles. The van der Waals surface area contributed by atoms with E-state index < -0.39 is 0 Å². The third kappa shape index (κ3) is 5.46. The number of carbonyl (C=O) groups excluding carboxylic acids is 1. The lowest BCUT2D eigenvalue weighted by Crippen LogP contribution is -2.34. The standard InChI is InChI=1S/C24H26ClN3O3/c1-30-20-9-4-6-17(12-20)14-26-24(29)23-13-22(27-31-23)19-8-5-11-28(16-19)15-18-7-2-3-10-21(18)25/h2-4,6-7,9-10,12-13,19H,5,8,11,14-16H2,1H3,(H,26,29)/t19-/m0/s1. The Morgan fingerprint density at radius 2 is 2.13 bits per heavy atom. The van der Waals surface area contributed by atoms with E-state index in [1.54, 1.807) is 13.2 Å². The minimum Gasteiger partial charge on any atom is -0.497 e. The molecule has 3 aromatic rings. The van der Waals surface area contributed by atoms with Gasteiger partial charge in [-0.2, -0.15) is 0 Å². The van der Waals surface area contributed by atoms with Crippen molar-refractivity contribution in [2.75, 3.05) is 20.2 Å². The number of ether oxygens (including phenoxy) is 1. The highest BCUT2D eigenvalue weighted by Gasteiger charge is 2.25. The molecule has 1 aliphatic heterocycles. The van der Waals surface area contributed by atoms with Crippen molar-refractivity contribution in [1.29, 1.82) is 0 Å². The van der Waals surface area contributed by atoms with Gasteiger partial charge in [-0.25, -0.2) is 0 Å². The van der Waals surface area contributed by atoms with Crippen LogP contribution in [0.15, 0.2) is 59.1 Å². The van der Waals surface area contributed by atoms with Gasteiger partial charge < -0.3 is 14.6 Å². The smallest absolute Gasteiger partial charge is 0.290 e. The summed E-state index contributed by atoms with van der Waals surface area (Å²) in [7, 11) is 1.62. The van der Waals surface area contributed by atoms with Gasteiger partial charge in [-0.05, 0) is 48.7 Å². The first kappa shape index (κ1) is 21.4. The van der Waals surface area contributed by atoms with E-state index in [0.717, 1.165) is 60.1 Å². The van der Waals surface area contributed by atoms with Crippen LogP contribution in [-0.2, 0) is 13.1 Å². The molecular weight excluding hydrogens is 414 g/mol. The highest BCUT2D eigenvalue weighted by atomic mass is 35.5. The lowest BCUT2D eigenvalue weighted by molar-refractivity contribution is 0.0913. The number of amides is 1. The van der Waals surface area contributed by atoms with E-state index in [-0.39, 0.29) is 17.6 Å². The van der Waals surface area contributed by atoms with E-state index in [2.05, 4.69) is 21.4 Å². The van der Waals surface area contributed by atoms with Gasteiger partial charge in [-0.15, -0.1) is 0 Å². The predicted octanol–water partition coefficient (Wildman–Crippen LogP) is 4.65. The number of nitrogens with zero attached hydrogens (tertiary/aromatic N) is 2. The van der Waals surface area contributed by atoms with Gasteiger partial charge in [-0.1, -0.05) is 47.1 Å². The summed E-state index contributed by atoms with van der Waals surface area (Å²) >= 11 is 6.32. The zero-order chi connectivity index (χ0) is 21.6. The molecular formula is C24H26ClN3O3. The second-order valence-electron chi connectivity index (χ2n) is 7.82. The van der Waals surface area contributed by atoms with E-state index >= 15 is 0 Å². The summed E-state index contributed by atoms with van der Waals surface area (Å²) < 4.78 is 10.6. The van der Waals surface area contributed by atoms with Crippen LogP contribution in [0, 0.1) is 0 Å². The average molecular weight is 440 g/mol. The topological polar surface area (TPSA) is 67.6 Å². The second-order valence-corrected chi connectivity index (χ2v) is 8.22. The molecule has 0 radical (unpaired) electrons. The number of methoxy groups -OCH3 is 1. The fraction of sp³-hybridized carbons (Fsp3) is 0.333. The number of aromatic nitrogens is 1. The minimum atomic E-state index is -0.273. The van der Waals surface area contributed by atoms with Gasteiger partial charge in [0.25, 0.3) is 5.91 Å². The van der Waals surface area contributed by atoms with E-state index in [1.165, 1.54) is 0 Å². The van der Waals surface area contributed by atoms with Crippen LogP contribution in [0.1, 0.15) is 46.1 Å². The van der Waals surface area contributed by atoms with Crippen molar-refractivity contribution >= 4 is 17.5 Å². The normalized spacial score (nSPS) is 16.8. The summed E-state index contributed by atoms with van der Waals surface area (Å²) in [6.07, 6.45) is 2.09. The van der Waals surface area contributed by atoms with Crippen LogP contribution in [-0.4, -0.2) is 36.2 Å². The van der Waals surface area contributed by atoms with Gasteiger partial charge >= 0.3 is 0 Å². The molecule has 4 rings (SSSR count). The molecule has 0 bridgehead atoms. The maximum absolute atomic E-state index is 12.5. The fourth-order valence-electron chi connectivity index (χ4n) is 3.95. The predicted molar refractivity (Wildman–Crippen MR) is 119 cm³/mol. The molecule has 31 heavy (non-hydrogen) atoms. The molecule has 0 aliphatic carbocycles. The number of hydrogen-bond acceptors (Lipinski definition) is 5. The first-order valence-electron chi connectivity index (χ1n) is 10.5. The first-order chi connectivity index (χ1) is 15.1. The summed E-state index contributed by atoms with van der Waals surface area (Å²) in [5.74, 6) is 0.957. The van der Waals surface area contributed by atoms with Crippen molar-refractivity contribution in [3.05, 3.63) is 82.2 Å². The highest BCUT2D eigenvalue weighted by Crippen LogP contribution is 2.28. The summed E-state index contributed by atoms with van der Waals surface area (Å²) in [6.45, 7) is 3.08. The third-order valence-corrected chi connectivity index (χ3v) is 5.98. The lowest BCUT2D eigenvalue weighted by atomic mass is 9.94. The molecule has 162 valence electrons. The quantitative estimate of drug-likeness (QED) is 0.580. The van der Waals surface area contributed by atoms with Crippen molar-refractivity contribution in [2.45, 2.75) is 31.8 Å². The Kier molecular flexibility index (Phi) is 6.89. The second kappa shape index (κ2) is 9.98. The molecule has 6 nitrogen and oxygen atoms in total. The zero-order valence-electron chi connectivity index (χ0n) is 17.5. The van der Waals surface area contributed by atoms with Crippen molar-refractivity contribution in [3.8, 4) is 5.75 Å². The van der Waals surface area contributed by atoms with Crippen LogP contribution in [0.5, 0.6) is 5.75 Å². The van der Waals surface area contributed by atoms with Crippen LogP contribution in [0.3, 0.4) is 0 Å². The Morgan fingerprint density at radius 1 is 1.26 bits per heavy atom. The molecule has 2 aromatic carbocycles. The number of carbonyl (C=O) groups is 1. The number of piperidine rings is 1. The Morgan fingerprint density at radius 3 is 2.97 bits per heavy atom. The Balaban J connectivity index is 1.35. The molecule has 1 aromatic heterocycles. The fourth-order valence-corrected chi connectivity index (χ4v) is 4.14. The van der Waals surface area contributed by atoms with Gasteiger partial charge in [0.1, 0.15) is 5.75 Å². The molecule has 7 heteroatoms. The summed E-state index contributed by atoms with van der Waals surface area (Å²) in [5.41, 5.74) is 2.91. The molecule has 1 aliphatic rings. The molecule has 1 amide bonds. The highest BCUT2D eigenvalue weighted by molar-refractivity contribution is 6.31. The molecule has 1 atom stereocenters. The van der Waals surface area contributed by atoms with Crippen molar-refractivity contribution in [1.82, 2.24) is 15.4 Å². The molecule has 1 N–H and O–H groups in total. The number of rotatable bonds is 7. The maximum atomic E-state index is 12.5. The van der Waals surface area contributed by atoms with Gasteiger partial charge in [0.05, 0.1) is 12.8 Å².